The van der Waals surface area contributed by atoms with Crippen molar-refractivity contribution in [2.75, 3.05) is 11.9 Å². The monoisotopic (exact) mass is 394 g/mol. The molecule has 1 aromatic carbocycles. The Balaban J connectivity index is 1.78. The Kier molecular flexibility index (Phi) is 4.56. The standard InChI is InChI=1S/C21H26N6O2/c1-6-15-9-7-8-10-16(15)22-11-12-26-13(2)14(3)27-17-18(23-20(26)27)24(4)21(29)25(5)19(17)28/h7-10,22H,6,11-12H2,1-5H3. The zero-order valence-electron chi connectivity index (χ0n) is 17.5. The number of nitrogens with zero attached hydrogens (tertiary/aromatic N) is 5. The molecule has 0 fully saturated rings. The van der Waals surface area contributed by atoms with Gasteiger partial charge in [0.25, 0.3) is 5.56 Å². The zero-order chi connectivity index (χ0) is 20.9. The van der Waals surface area contributed by atoms with Crippen LogP contribution < -0.4 is 16.6 Å². The van der Waals surface area contributed by atoms with Crippen LogP contribution in [0, 0.1) is 13.8 Å². The molecule has 0 atom stereocenters. The summed E-state index contributed by atoms with van der Waals surface area (Å²) < 4.78 is 6.53. The first-order valence-corrected chi connectivity index (χ1v) is 9.82. The molecule has 0 saturated heterocycles. The summed E-state index contributed by atoms with van der Waals surface area (Å²) in [6, 6.07) is 8.30. The summed E-state index contributed by atoms with van der Waals surface area (Å²) in [5.74, 6) is 0.680. The Morgan fingerprint density at radius 2 is 1.76 bits per heavy atom. The molecule has 0 aliphatic heterocycles. The average molecular weight is 394 g/mol. The van der Waals surface area contributed by atoms with E-state index in [1.807, 2.05) is 30.4 Å². The summed E-state index contributed by atoms with van der Waals surface area (Å²) in [4.78, 5) is 29.7. The summed E-state index contributed by atoms with van der Waals surface area (Å²) in [6.07, 6.45) is 0.970. The second-order valence-corrected chi connectivity index (χ2v) is 7.39. The Bertz CT molecular complexity index is 1350. The second kappa shape index (κ2) is 6.95. The number of fused-ring (bicyclic) bond motifs is 3. The fourth-order valence-electron chi connectivity index (χ4n) is 3.96. The molecule has 4 rings (SSSR count). The van der Waals surface area contributed by atoms with Crippen molar-refractivity contribution in [2.24, 2.45) is 14.1 Å². The molecule has 0 saturated carbocycles. The molecule has 0 aliphatic rings. The number of imidazole rings is 2. The van der Waals surface area contributed by atoms with Gasteiger partial charge in [-0.1, -0.05) is 25.1 Å². The van der Waals surface area contributed by atoms with E-state index in [-0.39, 0.29) is 11.2 Å². The van der Waals surface area contributed by atoms with Crippen molar-refractivity contribution < 1.29 is 0 Å². The lowest BCUT2D eigenvalue weighted by Gasteiger charge is -2.12. The van der Waals surface area contributed by atoms with Crippen LogP contribution in [0.15, 0.2) is 33.9 Å². The average Bonchev–Trinajstić information content (AvgIpc) is 3.22. The Morgan fingerprint density at radius 3 is 2.48 bits per heavy atom. The molecule has 8 nitrogen and oxygen atoms in total. The third-order valence-corrected chi connectivity index (χ3v) is 5.79. The van der Waals surface area contributed by atoms with Gasteiger partial charge in [-0.25, -0.2) is 4.79 Å². The normalized spacial score (nSPS) is 11.6. The highest BCUT2D eigenvalue weighted by molar-refractivity contribution is 5.76. The minimum absolute atomic E-state index is 0.328. The number of rotatable bonds is 5. The number of hydrogen-bond donors (Lipinski definition) is 1. The van der Waals surface area contributed by atoms with Gasteiger partial charge < -0.3 is 9.88 Å². The molecule has 0 bridgehead atoms. The van der Waals surface area contributed by atoms with Crippen molar-refractivity contribution in [3.63, 3.8) is 0 Å². The van der Waals surface area contributed by atoms with Crippen molar-refractivity contribution in [1.82, 2.24) is 23.1 Å². The molecule has 152 valence electrons. The molecule has 0 aliphatic carbocycles. The third-order valence-electron chi connectivity index (χ3n) is 5.79. The Hall–Kier alpha value is -3.29. The van der Waals surface area contributed by atoms with Crippen LogP contribution in [0.25, 0.3) is 16.9 Å². The van der Waals surface area contributed by atoms with Crippen LogP contribution in [0.3, 0.4) is 0 Å². The SMILES string of the molecule is CCc1ccccc1NCCn1c(C)c(C)n2c3c(=O)n(C)c(=O)n(C)c3nc12. The lowest BCUT2D eigenvalue weighted by Crippen LogP contribution is -2.37. The highest BCUT2D eigenvalue weighted by Crippen LogP contribution is 2.21. The van der Waals surface area contributed by atoms with E-state index in [1.165, 1.54) is 17.2 Å². The van der Waals surface area contributed by atoms with Gasteiger partial charge in [-0.15, -0.1) is 0 Å². The smallest absolute Gasteiger partial charge is 0.332 e. The first-order chi connectivity index (χ1) is 13.9. The van der Waals surface area contributed by atoms with Crippen LogP contribution in [0.2, 0.25) is 0 Å². The number of benzene rings is 1. The summed E-state index contributed by atoms with van der Waals surface area (Å²) in [5.41, 5.74) is 4.57. The lowest BCUT2D eigenvalue weighted by atomic mass is 10.1. The van der Waals surface area contributed by atoms with E-state index in [0.717, 1.165) is 34.6 Å². The maximum Gasteiger partial charge on any atom is 0.332 e. The Morgan fingerprint density at radius 1 is 1.03 bits per heavy atom. The molecular formula is C21H26N6O2. The van der Waals surface area contributed by atoms with Gasteiger partial charge in [-0.2, -0.15) is 4.98 Å². The van der Waals surface area contributed by atoms with E-state index in [2.05, 4.69) is 33.9 Å². The van der Waals surface area contributed by atoms with Gasteiger partial charge in [-0.3, -0.25) is 18.3 Å². The van der Waals surface area contributed by atoms with Gasteiger partial charge in [0, 0.05) is 44.3 Å². The van der Waals surface area contributed by atoms with Crippen molar-refractivity contribution in [1.29, 1.82) is 0 Å². The number of hydrogen-bond acceptors (Lipinski definition) is 4. The van der Waals surface area contributed by atoms with E-state index in [1.54, 1.807) is 7.05 Å². The zero-order valence-corrected chi connectivity index (χ0v) is 17.5. The fraction of sp³-hybridized carbons (Fsp3) is 0.381. The summed E-state index contributed by atoms with van der Waals surface area (Å²) >= 11 is 0. The minimum atomic E-state index is -0.373. The van der Waals surface area contributed by atoms with Crippen LogP contribution in [0.4, 0.5) is 5.69 Å². The van der Waals surface area contributed by atoms with E-state index >= 15 is 0 Å². The highest BCUT2D eigenvalue weighted by atomic mass is 16.2. The number of para-hydroxylation sites is 1. The molecule has 4 aromatic rings. The second-order valence-electron chi connectivity index (χ2n) is 7.39. The Labute approximate surface area is 168 Å². The van der Waals surface area contributed by atoms with Gasteiger partial charge in [0.15, 0.2) is 11.2 Å². The molecule has 29 heavy (non-hydrogen) atoms. The molecule has 0 unspecified atom stereocenters. The van der Waals surface area contributed by atoms with E-state index in [0.29, 0.717) is 23.5 Å². The predicted molar refractivity (Wildman–Crippen MR) is 115 cm³/mol. The van der Waals surface area contributed by atoms with Crippen LogP contribution in [0.5, 0.6) is 0 Å². The fourth-order valence-corrected chi connectivity index (χ4v) is 3.96. The van der Waals surface area contributed by atoms with Gasteiger partial charge >= 0.3 is 5.69 Å². The molecular weight excluding hydrogens is 368 g/mol. The van der Waals surface area contributed by atoms with Gasteiger partial charge in [0.05, 0.1) is 0 Å². The largest absolute Gasteiger partial charge is 0.383 e. The summed E-state index contributed by atoms with van der Waals surface area (Å²) in [6.45, 7) is 7.57. The number of aromatic nitrogens is 5. The first-order valence-electron chi connectivity index (χ1n) is 9.82. The highest BCUT2D eigenvalue weighted by Gasteiger charge is 2.21. The number of nitrogens with one attached hydrogen (secondary N) is 1. The molecule has 3 aromatic heterocycles. The summed E-state index contributed by atoms with van der Waals surface area (Å²) in [7, 11) is 3.14. The quantitative estimate of drug-likeness (QED) is 0.561. The van der Waals surface area contributed by atoms with Gasteiger partial charge in [0.2, 0.25) is 5.78 Å². The topological polar surface area (TPSA) is 78.3 Å². The van der Waals surface area contributed by atoms with Crippen LogP contribution in [-0.2, 0) is 27.1 Å². The van der Waals surface area contributed by atoms with Crippen molar-refractivity contribution in [2.45, 2.75) is 33.7 Å². The number of anilines is 1. The van der Waals surface area contributed by atoms with Gasteiger partial charge in [0.1, 0.15) is 0 Å². The lowest BCUT2D eigenvalue weighted by molar-refractivity contribution is 0.705. The van der Waals surface area contributed by atoms with Gasteiger partial charge in [-0.05, 0) is 31.9 Å². The van der Waals surface area contributed by atoms with Crippen molar-refractivity contribution in [3.8, 4) is 0 Å². The van der Waals surface area contributed by atoms with Crippen molar-refractivity contribution in [3.05, 3.63) is 62.1 Å². The number of aryl methyl sites for hydroxylation is 3. The maximum atomic E-state index is 12.8. The molecule has 0 radical (unpaired) electrons. The molecule has 0 spiro atoms. The molecule has 8 heteroatoms. The molecule has 1 N–H and O–H groups in total. The predicted octanol–water partition coefficient (Wildman–Crippen LogP) is 1.98. The first kappa shape index (κ1) is 19.0. The van der Waals surface area contributed by atoms with E-state index in [4.69, 9.17) is 0 Å². The van der Waals surface area contributed by atoms with Crippen LogP contribution in [-0.4, -0.2) is 29.6 Å². The van der Waals surface area contributed by atoms with Crippen molar-refractivity contribution >= 4 is 22.6 Å². The minimum Gasteiger partial charge on any atom is -0.383 e. The van der Waals surface area contributed by atoms with Crippen LogP contribution in [0.1, 0.15) is 23.9 Å². The van der Waals surface area contributed by atoms with E-state index in [9.17, 15) is 9.59 Å². The molecule has 3 heterocycles. The van der Waals surface area contributed by atoms with Crippen LogP contribution >= 0.6 is 0 Å². The summed E-state index contributed by atoms with van der Waals surface area (Å²) in [5, 5.41) is 3.51. The molecule has 0 amide bonds. The maximum absolute atomic E-state index is 12.8. The van der Waals surface area contributed by atoms with E-state index < -0.39 is 0 Å². The third kappa shape index (κ3) is 2.78.